The second-order valence-electron chi connectivity index (χ2n) is 7.69. The fourth-order valence-electron chi connectivity index (χ4n) is 3.06. The van der Waals surface area contributed by atoms with Gasteiger partial charge in [0.15, 0.2) is 11.5 Å². The summed E-state index contributed by atoms with van der Waals surface area (Å²) in [7, 11) is 0. The molecule has 11 nitrogen and oxygen atoms in total. The molecule has 0 saturated heterocycles. The third kappa shape index (κ3) is 8.45. The van der Waals surface area contributed by atoms with Crippen LogP contribution in [0.5, 0.6) is 0 Å². The summed E-state index contributed by atoms with van der Waals surface area (Å²) in [5.74, 6) is -1.94. The molecule has 1 atom stereocenters. The monoisotopic (exact) mass is 562 g/mol. The van der Waals surface area contributed by atoms with Gasteiger partial charge in [-0.15, -0.1) is 10.2 Å². The molecule has 3 rings (SSSR count). The number of amides is 1. The van der Waals surface area contributed by atoms with Crippen molar-refractivity contribution in [2.45, 2.75) is 42.4 Å². The topological polar surface area (TPSA) is 141 Å². The number of aliphatic carboxylic acids is 1. The molecule has 1 amide bonds. The number of nitrogens with zero attached hydrogens (tertiary/aromatic N) is 5. The average Bonchev–Trinajstić information content (AvgIpc) is 3.28. The average molecular weight is 563 g/mol. The van der Waals surface area contributed by atoms with E-state index < -0.39 is 36.9 Å². The number of aryl methyl sites for hydroxylation is 1. The van der Waals surface area contributed by atoms with E-state index in [-0.39, 0.29) is 11.8 Å². The van der Waals surface area contributed by atoms with Crippen LogP contribution in [0.2, 0.25) is 10.0 Å². The number of halogens is 2. The Morgan fingerprint density at radius 3 is 2.51 bits per heavy atom. The maximum atomic E-state index is 12.7. The van der Waals surface area contributed by atoms with Gasteiger partial charge in [-0.1, -0.05) is 47.5 Å². The van der Waals surface area contributed by atoms with E-state index in [2.05, 4.69) is 25.6 Å². The number of hydrogen-bond acceptors (Lipinski definition) is 8. The summed E-state index contributed by atoms with van der Waals surface area (Å²) in [6, 6.07) is 8.87. The first-order valence-electron chi connectivity index (χ1n) is 10.7. The van der Waals surface area contributed by atoms with E-state index in [1.165, 1.54) is 0 Å². The summed E-state index contributed by atoms with van der Waals surface area (Å²) >= 11 is 13.5. The summed E-state index contributed by atoms with van der Waals surface area (Å²) in [5, 5.41) is 24.2. The highest BCUT2D eigenvalue weighted by atomic mass is 35.5. The van der Waals surface area contributed by atoms with Crippen LogP contribution in [0.4, 0.5) is 10.5 Å². The lowest BCUT2D eigenvalue weighted by Crippen LogP contribution is -2.44. The van der Waals surface area contributed by atoms with Gasteiger partial charge >= 0.3 is 12.1 Å². The quantitative estimate of drug-likeness (QED) is 0.326. The second-order valence-corrected chi connectivity index (χ2v) is 9.48. The Balaban J connectivity index is 1.56. The number of carboxylic acids is 1. The molecular weight excluding hydrogens is 543 g/mol. The first kappa shape index (κ1) is 27.9. The Labute approximate surface area is 225 Å². The number of hydrogen-bond donors (Lipinski definition) is 2. The summed E-state index contributed by atoms with van der Waals surface area (Å²) in [4.78, 5) is 41.0. The minimum absolute atomic E-state index is 0.00742. The van der Waals surface area contributed by atoms with E-state index in [9.17, 15) is 19.5 Å². The zero-order valence-electron chi connectivity index (χ0n) is 19.4. The van der Waals surface area contributed by atoms with Gasteiger partial charge in [0, 0.05) is 6.42 Å². The van der Waals surface area contributed by atoms with Gasteiger partial charge in [0.2, 0.25) is 5.16 Å². The van der Waals surface area contributed by atoms with Crippen molar-refractivity contribution in [2.24, 2.45) is 0 Å². The van der Waals surface area contributed by atoms with Gasteiger partial charge in [-0.3, -0.25) is 9.59 Å². The molecule has 3 aromatic rings. The number of Topliss-reactive ketones (excluding diaryl/α,β-unsaturated/α-hetero) is 1. The highest BCUT2D eigenvalue weighted by Crippen LogP contribution is 2.37. The van der Waals surface area contributed by atoms with Gasteiger partial charge in [0.25, 0.3) is 0 Å². The summed E-state index contributed by atoms with van der Waals surface area (Å²) in [5.41, 5.74) is 2.22. The van der Waals surface area contributed by atoms with Crippen LogP contribution in [0.15, 0.2) is 46.5 Å². The number of alkyl carbamates (subject to hydrolysis) is 1. The Morgan fingerprint density at radius 2 is 1.89 bits per heavy atom. The molecule has 14 heteroatoms. The number of rotatable bonds is 11. The van der Waals surface area contributed by atoms with Crippen molar-refractivity contribution in [1.29, 1.82) is 0 Å². The van der Waals surface area contributed by atoms with E-state index in [1.54, 1.807) is 36.4 Å². The smallest absolute Gasteiger partial charge is 0.407 e. The van der Waals surface area contributed by atoms with Gasteiger partial charge in [-0.25, -0.2) is 9.64 Å². The Morgan fingerprint density at radius 1 is 1.22 bits per heavy atom. The third-order valence-electron chi connectivity index (χ3n) is 4.82. The van der Waals surface area contributed by atoms with E-state index in [4.69, 9.17) is 34.5 Å². The van der Waals surface area contributed by atoms with Crippen molar-refractivity contribution in [1.82, 2.24) is 25.5 Å². The molecule has 1 unspecified atom stereocenters. The van der Waals surface area contributed by atoms with Crippen LogP contribution in [0.3, 0.4) is 0 Å². The predicted octanol–water partition coefficient (Wildman–Crippen LogP) is 4.37. The molecule has 0 bridgehead atoms. The molecule has 0 radical (unpaired) electrons. The van der Waals surface area contributed by atoms with Crippen LogP contribution >= 0.6 is 35.0 Å². The molecule has 37 heavy (non-hydrogen) atoms. The largest absolute Gasteiger partial charge is 0.481 e. The van der Waals surface area contributed by atoms with Crippen molar-refractivity contribution < 1.29 is 24.2 Å². The summed E-state index contributed by atoms with van der Waals surface area (Å²) < 4.78 is 5.08. The van der Waals surface area contributed by atoms with Crippen LogP contribution in [-0.4, -0.2) is 55.8 Å². The van der Waals surface area contributed by atoms with Crippen molar-refractivity contribution in [3.05, 3.63) is 69.0 Å². The standard InChI is InChI=1S/C23H20Cl2N6O5S/c1-13-9-16(24)21(17(25)10-13)37-22-28-30-31(29-22)12-19(32)18(11-20(33)34)27-23(35)36-8-7-14-3-5-15(26-2)6-4-14/h3-6,9-10,18H,7-8,11-12H2,1H3,(H,27,35)(H,33,34). The number of ether oxygens (including phenoxy) is 1. The number of ketones is 1. The van der Waals surface area contributed by atoms with E-state index in [0.717, 1.165) is 27.7 Å². The zero-order chi connectivity index (χ0) is 26.9. The lowest BCUT2D eigenvalue weighted by molar-refractivity contribution is -0.139. The normalized spacial score (nSPS) is 11.4. The highest BCUT2D eigenvalue weighted by Gasteiger charge is 2.25. The number of carbonyl (C=O) groups is 3. The first-order valence-corrected chi connectivity index (χ1v) is 12.3. The SMILES string of the molecule is [C-]#[N+]c1ccc(CCOC(=O)NC(CC(=O)O)C(=O)Cn2nnc(Sc3c(Cl)cc(C)cc3Cl)n2)cc1. The van der Waals surface area contributed by atoms with Gasteiger partial charge in [0.05, 0.1) is 34.5 Å². The predicted molar refractivity (Wildman–Crippen MR) is 135 cm³/mol. The first-order chi connectivity index (χ1) is 17.6. The fraction of sp³-hybridized carbons (Fsp3) is 0.261. The maximum absolute atomic E-state index is 12.7. The van der Waals surface area contributed by atoms with Crippen molar-refractivity contribution in [2.75, 3.05) is 6.61 Å². The minimum atomic E-state index is -1.37. The van der Waals surface area contributed by atoms with Crippen LogP contribution in [0, 0.1) is 13.5 Å². The van der Waals surface area contributed by atoms with Crippen molar-refractivity contribution in [3.63, 3.8) is 0 Å². The number of nitrogens with one attached hydrogen (secondary N) is 1. The van der Waals surface area contributed by atoms with E-state index in [1.807, 2.05) is 6.92 Å². The van der Waals surface area contributed by atoms with Crippen LogP contribution in [0.1, 0.15) is 17.5 Å². The number of aromatic nitrogens is 4. The van der Waals surface area contributed by atoms with Crippen molar-refractivity contribution >= 4 is 58.5 Å². The number of carbonyl (C=O) groups excluding carboxylic acids is 2. The molecule has 0 spiro atoms. The number of carboxylic acid groups (broad SMARTS) is 1. The Bertz CT molecular complexity index is 1320. The molecule has 192 valence electrons. The van der Waals surface area contributed by atoms with Gasteiger partial charge in [0.1, 0.15) is 12.6 Å². The lowest BCUT2D eigenvalue weighted by Gasteiger charge is -2.15. The molecule has 1 aromatic heterocycles. The maximum Gasteiger partial charge on any atom is 0.407 e. The summed E-state index contributed by atoms with van der Waals surface area (Å²) in [6.07, 6.45) is -1.22. The molecule has 2 aromatic carbocycles. The van der Waals surface area contributed by atoms with Gasteiger partial charge in [-0.2, -0.15) is 4.80 Å². The number of benzene rings is 2. The molecular formula is C23H20Cl2N6O5S. The summed E-state index contributed by atoms with van der Waals surface area (Å²) in [6.45, 7) is 8.35. The van der Waals surface area contributed by atoms with E-state index >= 15 is 0 Å². The van der Waals surface area contributed by atoms with Crippen molar-refractivity contribution in [3.8, 4) is 0 Å². The highest BCUT2D eigenvalue weighted by molar-refractivity contribution is 7.99. The molecule has 2 N–H and O–H groups in total. The van der Waals surface area contributed by atoms with Gasteiger partial charge in [-0.05, 0) is 47.2 Å². The minimum Gasteiger partial charge on any atom is -0.481 e. The lowest BCUT2D eigenvalue weighted by atomic mass is 10.1. The fourth-order valence-corrected chi connectivity index (χ4v) is 4.60. The molecule has 0 aliphatic carbocycles. The Kier molecular flexibility index (Phi) is 9.85. The van der Waals surface area contributed by atoms with Crippen LogP contribution < -0.4 is 5.32 Å². The second kappa shape index (κ2) is 13.0. The number of tetrazole rings is 1. The zero-order valence-corrected chi connectivity index (χ0v) is 21.7. The molecule has 0 fully saturated rings. The third-order valence-corrected chi connectivity index (χ3v) is 6.63. The molecule has 0 aliphatic rings. The Hall–Kier alpha value is -3.66. The van der Waals surface area contributed by atoms with Crippen LogP contribution in [0.25, 0.3) is 4.85 Å². The van der Waals surface area contributed by atoms with E-state index in [0.29, 0.717) is 27.0 Å². The molecule has 0 aliphatic heterocycles. The van der Waals surface area contributed by atoms with Crippen LogP contribution in [-0.2, 0) is 27.3 Å². The van der Waals surface area contributed by atoms with Gasteiger partial charge < -0.3 is 15.2 Å². The molecule has 1 heterocycles. The molecule has 0 saturated carbocycles.